The van der Waals surface area contributed by atoms with E-state index in [0.717, 1.165) is 16.9 Å². The first-order valence-electron chi connectivity index (χ1n) is 6.09. The van der Waals surface area contributed by atoms with E-state index in [-0.39, 0.29) is 5.91 Å². The summed E-state index contributed by atoms with van der Waals surface area (Å²) < 4.78 is 4.59. The first kappa shape index (κ1) is 14.8. The summed E-state index contributed by atoms with van der Waals surface area (Å²) in [6.07, 6.45) is 0. The molecule has 0 radical (unpaired) electrons. The highest BCUT2D eigenvalue weighted by Crippen LogP contribution is 2.17. The van der Waals surface area contributed by atoms with Gasteiger partial charge in [0.25, 0.3) is 5.91 Å². The molecule has 1 aromatic heterocycles. The van der Waals surface area contributed by atoms with Crippen molar-refractivity contribution in [2.75, 3.05) is 7.11 Å². The molecule has 0 aliphatic rings. The molecule has 0 saturated heterocycles. The van der Waals surface area contributed by atoms with Crippen molar-refractivity contribution in [2.24, 2.45) is 0 Å². The first-order chi connectivity index (χ1) is 10.1. The monoisotopic (exact) mass is 300 g/mol. The number of methoxy groups -OCH3 is 1. The molecule has 1 heterocycles. The molecular weight excluding hydrogens is 288 g/mol. The number of nitrogens with zero attached hydrogens (tertiary/aromatic N) is 1. The van der Waals surface area contributed by atoms with Crippen molar-refractivity contribution in [3.8, 4) is 6.07 Å². The van der Waals surface area contributed by atoms with E-state index in [1.165, 1.54) is 7.11 Å². The predicted octanol–water partition coefficient (Wildman–Crippen LogP) is 2.34. The topological polar surface area (TPSA) is 79.2 Å². The third kappa shape index (κ3) is 3.68. The van der Waals surface area contributed by atoms with Gasteiger partial charge in [0.15, 0.2) is 0 Å². The van der Waals surface area contributed by atoms with Gasteiger partial charge in [0.2, 0.25) is 0 Å². The molecule has 106 valence electrons. The molecule has 0 aliphatic heterocycles. The number of nitrogens with one attached hydrogen (secondary N) is 1. The zero-order chi connectivity index (χ0) is 15.2. The number of amides is 1. The van der Waals surface area contributed by atoms with E-state index in [4.69, 9.17) is 5.26 Å². The van der Waals surface area contributed by atoms with Crippen LogP contribution in [0.4, 0.5) is 0 Å². The van der Waals surface area contributed by atoms with Crippen molar-refractivity contribution in [1.82, 2.24) is 5.32 Å². The summed E-state index contributed by atoms with van der Waals surface area (Å²) in [6, 6.07) is 12.1. The summed E-state index contributed by atoms with van der Waals surface area (Å²) in [5.41, 5.74) is 1.47. The van der Waals surface area contributed by atoms with Gasteiger partial charge in [-0.1, -0.05) is 12.1 Å². The Labute approximate surface area is 125 Å². The second-order valence-electron chi connectivity index (χ2n) is 4.15. The van der Waals surface area contributed by atoms with E-state index in [1.807, 2.05) is 6.07 Å². The second kappa shape index (κ2) is 6.68. The van der Waals surface area contributed by atoms with Crippen LogP contribution in [0.3, 0.4) is 0 Å². The molecule has 2 rings (SSSR count). The first-order valence-corrected chi connectivity index (χ1v) is 6.91. The summed E-state index contributed by atoms with van der Waals surface area (Å²) in [4.78, 5) is 24.1. The number of thiophene rings is 1. The van der Waals surface area contributed by atoms with E-state index in [9.17, 15) is 9.59 Å². The maximum absolute atomic E-state index is 12.0. The van der Waals surface area contributed by atoms with Crippen LogP contribution >= 0.6 is 11.3 Å². The molecule has 0 aliphatic carbocycles. The van der Waals surface area contributed by atoms with Crippen molar-refractivity contribution in [2.45, 2.75) is 6.54 Å². The molecule has 5 nitrogen and oxygen atoms in total. The van der Waals surface area contributed by atoms with Gasteiger partial charge in [-0.3, -0.25) is 4.79 Å². The fraction of sp³-hybridized carbons (Fsp3) is 0.133. The van der Waals surface area contributed by atoms with Crippen LogP contribution in [0.1, 0.15) is 30.5 Å². The van der Waals surface area contributed by atoms with Crippen molar-refractivity contribution >= 4 is 23.2 Å². The van der Waals surface area contributed by atoms with Crippen LogP contribution in [0, 0.1) is 11.3 Å². The van der Waals surface area contributed by atoms with Gasteiger partial charge in [-0.15, -0.1) is 11.3 Å². The highest BCUT2D eigenvalue weighted by molar-refractivity contribution is 7.15. The molecule has 0 saturated carbocycles. The molecule has 1 aromatic carbocycles. The van der Waals surface area contributed by atoms with Crippen LogP contribution in [0.15, 0.2) is 36.4 Å². The highest BCUT2D eigenvalue weighted by Gasteiger charge is 2.13. The quantitative estimate of drug-likeness (QED) is 0.879. The van der Waals surface area contributed by atoms with Gasteiger partial charge in [-0.25, -0.2) is 4.79 Å². The number of rotatable bonds is 4. The molecule has 1 amide bonds. The van der Waals surface area contributed by atoms with E-state index >= 15 is 0 Å². The average Bonchev–Trinajstić information content (AvgIpc) is 3.02. The normalized spacial score (nSPS) is 9.71. The van der Waals surface area contributed by atoms with E-state index in [1.54, 1.807) is 36.4 Å². The molecule has 21 heavy (non-hydrogen) atoms. The number of hydrogen-bond donors (Lipinski definition) is 1. The Morgan fingerprint density at radius 1 is 1.19 bits per heavy atom. The summed E-state index contributed by atoms with van der Waals surface area (Å²) in [6.45, 7) is 0.357. The highest BCUT2D eigenvalue weighted by atomic mass is 32.1. The van der Waals surface area contributed by atoms with Gasteiger partial charge in [-0.2, -0.15) is 5.26 Å². The van der Waals surface area contributed by atoms with Crippen LogP contribution in [-0.2, 0) is 11.3 Å². The Morgan fingerprint density at radius 2 is 1.86 bits per heavy atom. The number of hydrogen-bond acceptors (Lipinski definition) is 5. The third-order valence-corrected chi connectivity index (χ3v) is 3.82. The van der Waals surface area contributed by atoms with Crippen LogP contribution in [0.2, 0.25) is 0 Å². The zero-order valence-corrected chi connectivity index (χ0v) is 12.1. The van der Waals surface area contributed by atoms with Gasteiger partial charge in [0.05, 0.1) is 23.6 Å². The van der Waals surface area contributed by atoms with Crippen LogP contribution in [-0.4, -0.2) is 19.0 Å². The number of nitriles is 1. The van der Waals surface area contributed by atoms with E-state index in [2.05, 4.69) is 10.1 Å². The minimum Gasteiger partial charge on any atom is -0.465 e. The van der Waals surface area contributed by atoms with Crippen molar-refractivity contribution in [3.63, 3.8) is 0 Å². The molecule has 6 heteroatoms. The number of ether oxygens (including phenoxy) is 1. The Morgan fingerprint density at radius 3 is 2.48 bits per heavy atom. The lowest BCUT2D eigenvalue weighted by Crippen LogP contribution is -2.21. The smallest absolute Gasteiger partial charge is 0.348 e. The Balaban J connectivity index is 1.96. The molecule has 0 fully saturated rings. The maximum Gasteiger partial charge on any atom is 0.348 e. The standard InChI is InChI=1S/C15H12N2O3S/c1-20-15(19)13-7-6-12(21-13)14(18)17-9-11-4-2-10(8-16)3-5-11/h2-7H,9H2,1H3,(H,17,18). The lowest BCUT2D eigenvalue weighted by Gasteiger charge is -2.03. The Hall–Kier alpha value is -2.65. The molecule has 0 bridgehead atoms. The fourth-order valence-corrected chi connectivity index (χ4v) is 2.48. The summed E-state index contributed by atoms with van der Waals surface area (Å²) >= 11 is 1.09. The summed E-state index contributed by atoms with van der Waals surface area (Å²) in [5.74, 6) is -0.703. The largest absolute Gasteiger partial charge is 0.465 e. The van der Waals surface area contributed by atoms with E-state index < -0.39 is 5.97 Å². The second-order valence-corrected chi connectivity index (χ2v) is 5.23. The molecule has 2 aromatic rings. The lowest BCUT2D eigenvalue weighted by atomic mass is 10.1. The van der Waals surface area contributed by atoms with Crippen molar-refractivity contribution < 1.29 is 14.3 Å². The molecular formula is C15H12N2O3S. The van der Waals surface area contributed by atoms with Crippen molar-refractivity contribution in [3.05, 3.63) is 57.3 Å². The molecule has 1 N–H and O–H groups in total. The summed E-state index contributed by atoms with van der Waals surface area (Å²) in [7, 11) is 1.30. The van der Waals surface area contributed by atoms with Crippen LogP contribution < -0.4 is 5.32 Å². The van der Waals surface area contributed by atoms with Crippen molar-refractivity contribution in [1.29, 1.82) is 5.26 Å². The van der Waals surface area contributed by atoms with Gasteiger partial charge >= 0.3 is 5.97 Å². The predicted molar refractivity (Wildman–Crippen MR) is 78.0 cm³/mol. The minimum atomic E-state index is -0.453. The average molecular weight is 300 g/mol. The molecule has 0 unspecified atom stereocenters. The number of carbonyl (C=O) groups is 2. The van der Waals surface area contributed by atoms with Gasteiger partial charge < -0.3 is 10.1 Å². The van der Waals surface area contributed by atoms with Gasteiger partial charge in [-0.05, 0) is 29.8 Å². The van der Waals surface area contributed by atoms with Crippen LogP contribution in [0.5, 0.6) is 0 Å². The van der Waals surface area contributed by atoms with E-state index in [0.29, 0.717) is 21.9 Å². The molecule has 0 atom stereocenters. The van der Waals surface area contributed by atoms with Gasteiger partial charge in [0.1, 0.15) is 4.88 Å². The number of esters is 1. The third-order valence-electron chi connectivity index (χ3n) is 2.75. The zero-order valence-electron chi connectivity index (χ0n) is 11.3. The van der Waals surface area contributed by atoms with Crippen LogP contribution in [0.25, 0.3) is 0 Å². The SMILES string of the molecule is COC(=O)c1ccc(C(=O)NCc2ccc(C#N)cc2)s1. The fourth-order valence-electron chi connectivity index (χ4n) is 1.64. The Bertz CT molecular complexity index is 698. The Kier molecular flexibility index (Phi) is 4.69. The molecule has 0 spiro atoms. The number of carbonyl (C=O) groups excluding carboxylic acids is 2. The van der Waals surface area contributed by atoms with Gasteiger partial charge in [0, 0.05) is 6.54 Å². The number of benzene rings is 1. The minimum absolute atomic E-state index is 0.250. The summed E-state index contributed by atoms with van der Waals surface area (Å²) in [5, 5.41) is 11.5. The maximum atomic E-state index is 12.0. The lowest BCUT2D eigenvalue weighted by molar-refractivity contribution is 0.0606.